The van der Waals surface area contributed by atoms with Crippen molar-refractivity contribution in [3.05, 3.63) is 72.8 Å². The molecule has 0 aliphatic carbocycles. The molecule has 0 radical (unpaired) electrons. The Balaban J connectivity index is 1.97. The van der Waals surface area contributed by atoms with E-state index < -0.39 is 29.2 Å². The molecule has 1 aliphatic rings. The number of fused-ring (bicyclic) bond motifs is 7. The van der Waals surface area contributed by atoms with Crippen LogP contribution < -0.4 is 4.75 Å². The Bertz CT molecular complexity index is 1010. The maximum absolute atomic E-state index is 2.34. The molecule has 5 rings (SSSR count). The molecule has 0 amide bonds. The van der Waals surface area contributed by atoms with Crippen LogP contribution in [0.3, 0.4) is 0 Å². The van der Waals surface area contributed by atoms with Crippen molar-refractivity contribution in [3.8, 4) is 11.1 Å². The number of rotatable bonds is 0. The van der Waals surface area contributed by atoms with Crippen molar-refractivity contribution in [2.24, 2.45) is 0 Å². The average Bonchev–Trinajstić information content (AvgIpc) is 2.93. The van der Waals surface area contributed by atoms with Gasteiger partial charge in [0.1, 0.15) is 0 Å². The SMILES string of the molecule is c1ccc2[c](c1)[Y][c]1c-2ccc2ccc3ccccc3c12. The first kappa shape index (κ1) is 12.1. The fourth-order valence-electron chi connectivity index (χ4n) is 3.53. The molecule has 0 nitrogen and oxygen atoms in total. The predicted molar refractivity (Wildman–Crippen MR) is 86.2 cm³/mol. The van der Waals surface area contributed by atoms with Crippen molar-refractivity contribution in [1.29, 1.82) is 0 Å². The Morgan fingerprint density at radius 3 is 2.33 bits per heavy atom. The third kappa shape index (κ3) is 1.70. The molecule has 0 bridgehead atoms. The summed E-state index contributed by atoms with van der Waals surface area (Å²) in [5.41, 5.74) is 2.99. The summed E-state index contributed by atoms with van der Waals surface area (Å²) >= 11 is -0.894. The quantitative estimate of drug-likeness (QED) is 0.374. The number of hydrogen-bond acceptors (Lipinski definition) is 0. The van der Waals surface area contributed by atoms with E-state index in [1.807, 2.05) is 0 Å². The summed E-state index contributed by atoms with van der Waals surface area (Å²) in [4.78, 5) is 0. The van der Waals surface area contributed by atoms with Crippen LogP contribution >= 0.6 is 0 Å². The molecule has 95 valence electrons. The van der Waals surface area contributed by atoms with Gasteiger partial charge in [-0.15, -0.1) is 0 Å². The van der Waals surface area contributed by atoms with Gasteiger partial charge in [0.05, 0.1) is 0 Å². The zero-order chi connectivity index (χ0) is 13.8. The third-order valence-electron chi connectivity index (χ3n) is 4.50. The van der Waals surface area contributed by atoms with Crippen molar-refractivity contribution in [3.63, 3.8) is 0 Å². The van der Waals surface area contributed by atoms with Crippen molar-refractivity contribution in [1.82, 2.24) is 0 Å². The van der Waals surface area contributed by atoms with E-state index in [9.17, 15) is 0 Å². The molecule has 0 N–H and O–H groups in total. The monoisotopic (exact) mass is 341 g/mol. The van der Waals surface area contributed by atoms with Crippen LogP contribution in [0.2, 0.25) is 0 Å². The summed E-state index contributed by atoms with van der Waals surface area (Å²) in [6, 6.07) is 27.0. The van der Waals surface area contributed by atoms with E-state index in [1.54, 1.807) is 4.75 Å². The second-order valence-electron chi connectivity index (χ2n) is 5.64. The van der Waals surface area contributed by atoms with Crippen molar-refractivity contribution < 1.29 is 29.2 Å². The van der Waals surface area contributed by atoms with E-state index in [0.29, 0.717) is 0 Å². The third-order valence-corrected chi connectivity index (χ3v) is 8.69. The van der Waals surface area contributed by atoms with E-state index in [2.05, 4.69) is 72.8 Å². The Kier molecular flexibility index (Phi) is 2.59. The van der Waals surface area contributed by atoms with Gasteiger partial charge in [0, 0.05) is 0 Å². The van der Waals surface area contributed by atoms with Crippen LogP contribution in [-0.4, -0.2) is 0 Å². The van der Waals surface area contributed by atoms with E-state index in [1.165, 1.54) is 32.7 Å². The van der Waals surface area contributed by atoms with Gasteiger partial charge in [-0.25, -0.2) is 0 Å². The van der Waals surface area contributed by atoms with Gasteiger partial charge < -0.3 is 0 Å². The molecular formula is C20H12Y. The minimum atomic E-state index is -0.894. The fourth-order valence-corrected chi connectivity index (χ4v) is 7.96. The Labute approximate surface area is 138 Å². The molecule has 0 aromatic heterocycles. The van der Waals surface area contributed by atoms with Gasteiger partial charge in [-0.05, 0) is 0 Å². The predicted octanol–water partition coefficient (Wildman–Crippen LogP) is 4.01. The fraction of sp³-hybridized carbons (Fsp3) is 0. The van der Waals surface area contributed by atoms with Gasteiger partial charge in [-0.2, -0.15) is 0 Å². The van der Waals surface area contributed by atoms with E-state index in [4.69, 9.17) is 0 Å². The minimum absolute atomic E-state index is 0.894. The summed E-state index contributed by atoms with van der Waals surface area (Å²) in [6.45, 7) is 0. The molecule has 0 fully saturated rings. The van der Waals surface area contributed by atoms with Crippen molar-refractivity contribution in [2.45, 2.75) is 0 Å². The van der Waals surface area contributed by atoms with Gasteiger partial charge >= 0.3 is 139 Å². The molecule has 0 atom stereocenters. The zero-order valence-corrected chi connectivity index (χ0v) is 14.3. The zero-order valence-electron chi connectivity index (χ0n) is 11.5. The first-order valence-electron chi connectivity index (χ1n) is 7.30. The molecule has 1 heterocycles. The maximum atomic E-state index is 2.34. The standard InChI is InChI=1S/C20H12.Y/c1-2-6-15(7-3-1)18-13-12-17-11-10-16-8-4-5-9-19(16)20(17)14-18;/h1-6,8-13H;. The first-order chi connectivity index (χ1) is 10.4. The van der Waals surface area contributed by atoms with Gasteiger partial charge in [0.15, 0.2) is 0 Å². The molecule has 0 saturated carbocycles. The van der Waals surface area contributed by atoms with Gasteiger partial charge in [0.2, 0.25) is 0 Å². The second-order valence-corrected chi connectivity index (χ2v) is 9.30. The molecular weight excluding hydrogens is 329 g/mol. The Hall–Kier alpha value is -1.50. The summed E-state index contributed by atoms with van der Waals surface area (Å²) < 4.78 is 3.32. The molecule has 0 saturated heterocycles. The molecule has 21 heavy (non-hydrogen) atoms. The molecule has 1 heteroatoms. The van der Waals surface area contributed by atoms with Crippen LogP contribution in [0, 0.1) is 0 Å². The Morgan fingerprint density at radius 2 is 1.33 bits per heavy atom. The molecule has 4 aromatic rings. The van der Waals surface area contributed by atoms with Crippen molar-refractivity contribution in [2.75, 3.05) is 0 Å². The normalized spacial score (nSPS) is 11.8. The molecule has 1 aliphatic heterocycles. The summed E-state index contributed by atoms with van der Waals surface area (Å²) in [6.07, 6.45) is 0. The van der Waals surface area contributed by atoms with Gasteiger partial charge in [-0.1, -0.05) is 0 Å². The molecule has 0 unspecified atom stereocenters. The van der Waals surface area contributed by atoms with E-state index in [-0.39, 0.29) is 0 Å². The number of hydrogen-bond donors (Lipinski definition) is 0. The van der Waals surface area contributed by atoms with Crippen LogP contribution in [0.1, 0.15) is 0 Å². The van der Waals surface area contributed by atoms with Crippen LogP contribution in [0.5, 0.6) is 0 Å². The Morgan fingerprint density at radius 1 is 0.571 bits per heavy atom. The number of benzene rings is 4. The second kappa shape index (κ2) is 4.50. The van der Waals surface area contributed by atoms with Gasteiger partial charge in [-0.3, -0.25) is 0 Å². The molecule has 4 aromatic carbocycles. The average molecular weight is 341 g/mol. The van der Waals surface area contributed by atoms with Crippen LogP contribution in [-0.2, 0) is 29.2 Å². The van der Waals surface area contributed by atoms with Gasteiger partial charge in [0.25, 0.3) is 0 Å². The first-order valence-corrected chi connectivity index (χ1v) is 10.1. The van der Waals surface area contributed by atoms with Crippen LogP contribution in [0.4, 0.5) is 0 Å². The van der Waals surface area contributed by atoms with Crippen molar-refractivity contribution >= 4 is 26.3 Å². The van der Waals surface area contributed by atoms with Crippen LogP contribution in [0.15, 0.2) is 72.8 Å². The van der Waals surface area contributed by atoms with E-state index in [0.717, 1.165) is 0 Å². The van der Waals surface area contributed by atoms with E-state index >= 15 is 0 Å². The van der Waals surface area contributed by atoms with Crippen LogP contribution in [0.25, 0.3) is 32.7 Å². The summed E-state index contributed by atoms with van der Waals surface area (Å²) in [7, 11) is 0. The topological polar surface area (TPSA) is 0 Å². The summed E-state index contributed by atoms with van der Waals surface area (Å²) in [5, 5.41) is 5.69. The summed E-state index contributed by atoms with van der Waals surface area (Å²) in [5.74, 6) is 0. The molecule has 0 spiro atoms.